The van der Waals surface area contributed by atoms with Gasteiger partial charge in [0.15, 0.2) is 5.82 Å². The van der Waals surface area contributed by atoms with E-state index in [1.165, 1.54) is 6.07 Å². The van der Waals surface area contributed by atoms with E-state index in [1.807, 2.05) is 23.9 Å². The Kier molecular flexibility index (Phi) is 4.99. The molecule has 1 aliphatic rings. The van der Waals surface area contributed by atoms with Crippen molar-refractivity contribution in [3.8, 4) is 0 Å². The van der Waals surface area contributed by atoms with Gasteiger partial charge in [0.1, 0.15) is 11.0 Å². The molecule has 8 heteroatoms. The zero-order valence-corrected chi connectivity index (χ0v) is 17.2. The molecule has 0 radical (unpaired) electrons. The van der Waals surface area contributed by atoms with Crippen molar-refractivity contribution in [3.05, 3.63) is 60.2 Å². The van der Waals surface area contributed by atoms with E-state index >= 15 is 0 Å². The Hall–Kier alpha value is -3.52. The Morgan fingerprint density at radius 3 is 2.84 bits per heavy atom. The average Bonchev–Trinajstić information content (AvgIpc) is 3.23. The van der Waals surface area contributed by atoms with Gasteiger partial charge in [0, 0.05) is 67.3 Å². The van der Waals surface area contributed by atoms with Crippen molar-refractivity contribution in [1.29, 1.82) is 0 Å². The number of rotatable bonds is 4. The maximum absolute atomic E-state index is 14.4. The molecule has 3 heterocycles. The van der Waals surface area contributed by atoms with Gasteiger partial charge in [0.25, 0.3) is 5.91 Å². The lowest BCUT2D eigenvalue weighted by atomic mass is 10.1. The highest BCUT2D eigenvalue weighted by atomic mass is 19.1. The molecule has 0 unspecified atom stereocenters. The molecule has 1 aliphatic heterocycles. The van der Waals surface area contributed by atoms with Crippen LogP contribution in [0.2, 0.25) is 0 Å². The third-order valence-corrected chi connectivity index (χ3v) is 5.64. The number of nitrogens with one attached hydrogen (secondary N) is 2. The smallest absolute Gasteiger partial charge is 0.257 e. The highest BCUT2D eigenvalue weighted by Crippen LogP contribution is 2.30. The summed E-state index contributed by atoms with van der Waals surface area (Å²) in [4.78, 5) is 19.5. The summed E-state index contributed by atoms with van der Waals surface area (Å²) in [5.41, 5.74) is 2.86. The number of carbonyl (C=O) groups excluding carboxylic acids is 1. The fourth-order valence-corrected chi connectivity index (χ4v) is 4.08. The number of hydrogen-bond acceptors (Lipinski definition) is 5. The molecule has 1 amide bonds. The van der Waals surface area contributed by atoms with Gasteiger partial charge in [0.05, 0.1) is 5.56 Å². The number of fused-ring (bicyclic) bond motifs is 2. The first-order valence-electron chi connectivity index (χ1n) is 10.5. The zero-order valence-electron chi connectivity index (χ0n) is 17.2. The first-order valence-corrected chi connectivity index (χ1v) is 10.5. The maximum Gasteiger partial charge on any atom is 0.257 e. The minimum atomic E-state index is -0.470. The number of piperazine rings is 1. The average molecular weight is 418 g/mol. The molecule has 0 spiro atoms. The summed E-state index contributed by atoms with van der Waals surface area (Å²) < 4.78 is 16.3. The van der Waals surface area contributed by atoms with E-state index in [-0.39, 0.29) is 11.4 Å². The predicted octanol–water partition coefficient (Wildman–Crippen LogP) is 3.41. The lowest BCUT2D eigenvalue weighted by Gasteiger charge is -2.30. The second kappa shape index (κ2) is 7.96. The molecular weight excluding hydrogens is 395 g/mol. The third kappa shape index (κ3) is 3.59. The first-order chi connectivity index (χ1) is 15.1. The van der Waals surface area contributed by atoms with Gasteiger partial charge in [-0.3, -0.25) is 14.5 Å². The zero-order chi connectivity index (χ0) is 21.4. The van der Waals surface area contributed by atoms with Crippen molar-refractivity contribution >= 4 is 39.1 Å². The number of halogens is 1. The molecule has 2 aromatic heterocycles. The number of aromatic nitrogens is 3. The number of pyridine rings is 1. The summed E-state index contributed by atoms with van der Waals surface area (Å²) in [5.74, 6) is -0.788. The summed E-state index contributed by atoms with van der Waals surface area (Å²) >= 11 is 0. The van der Waals surface area contributed by atoms with Crippen LogP contribution in [0.4, 0.5) is 15.8 Å². The summed E-state index contributed by atoms with van der Waals surface area (Å²) in [5, 5.41) is 12.4. The van der Waals surface area contributed by atoms with Crippen LogP contribution in [0.25, 0.3) is 21.8 Å². The second-order valence-corrected chi connectivity index (χ2v) is 7.60. The number of benzene rings is 2. The second-order valence-electron chi connectivity index (χ2n) is 7.60. The fraction of sp³-hybridized carbons (Fsp3) is 0.261. The molecule has 1 saturated heterocycles. The fourth-order valence-electron chi connectivity index (χ4n) is 4.08. The van der Waals surface area contributed by atoms with Crippen LogP contribution in [0, 0.1) is 5.82 Å². The van der Waals surface area contributed by atoms with Gasteiger partial charge in [-0.15, -0.1) is 0 Å². The number of amides is 1. The van der Waals surface area contributed by atoms with Crippen LogP contribution in [-0.2, 0) is 6.54 Å². The van der Waals surface area contributed by atoms with Crippen LogP contribution in [0.15, 0.2) is 48.8 Å². The van der Waals surface area contributed by atoms with Gasteiger partial charge < -0.3 is 15.5 Å². The SMILES string of the molecule is CCn1cc2c(N3CCNCC3)ccc(C(=O)Nc3cc(F)c4ncccc4c3)c2n1. The van der Waals surface area contributed by atoms with Crippen molar-refractivity contribution in [3.63, 3.8) is 0 Å². The summed E-state index contributed by atoms with van der Waals surface area (Å²) in [6.45, 7) is 6.38. The molecule has 0 atom stereocenters. The predicted molar refractivity (Wildman–Crippen MR) is 120 cm³/mol. The Bertz CT molecular complexity index is 1280. The van der Waals surface area contributed by atoms with E-state index in [0.29, 0.717) is 28.7 Å². The van der Waals surface area contributed by atoms with Gasteiger partial charge in [0.2, 0.25) is 0 Å². The van der Waals surface area contributed by atoms with Crippen molar-refractivity contribution in [2.75, 3.05) is 36.4 Å². The molecule has 31 heavy (non-hydrogen) atoms. The maximum atomic E-state index is 14.4. The standard InChI is InChI=1S/C23H23FN6O/c1-2-30-14-18-20(29-10-8-25-9-11-29)6-5-17(22(18)28-30)23(31)27-16-12-15-4-3-7-26-21(15)19(24)13-16/h3-7,12-14,25H,2,8-11H2,1H3,(H,27,31). The van der Waals surface area contributed by atoms with E-state index in [0.717, 1.165) is 37.3 Å². The molecule has 1 fully saturated rings. The van der Waals surface area contributed by atoms with Crippen molar-refractivity contribution in [2.45, 2.75) is 13.5 Å². The molecule has 5 rings (SSSR count). The number of carbonyl (C=O) groups is 1. The number of hydrogen-bond donors (Lipinski definition) is 2. The van der Waals surface area contributed by atoms with Gasteiger partial charge in [-0.25, -0.2) is 4.39 Å². The monoisotopic (exact) mass is 418 g/mol. The largest absolute Gasteiger partial charge is 0.368 e. The molecular formula is C23H23FN6O. The lowest BCUT2D eigenvalue weighted by Crippen LogP contribution is -2.43. The number of aryl methyl sites for hydroxylation is 1. The summed E-state index contributed by atoms with van der Waals surface area (Å²) in [6, 6.07) is 10.3. The molecule has 4 aromatic rings. The van der Waals surface area contributed by atoms with Crippen LogP contribution in [0.5, 0.6) is 0 Å². The van der Waals surface area contributed by atoms with Gasteiger partial charge >= 0.3 is 0 Å². The van der Waals surface area contributed by atoms with E-state index < -0.39 is 5.82 Å². The minimum Gasteiger partial charge on any atom is -0.368 e. The van der Waals surface area contributed by atoms with Gasteiger partial charge in [-0.05, 0) is 37.3 Å². The van der Waals surface area contributed by atoms with E-state index in [2.05, 4.69) is 25.6 Å². The number of nitrogens with zero attached hydrogens (tertiary/aromatic N) is 4. The Labute approximate surface area is 178 Å². The summed E-state index contributed by atoms with van der Waals surface area (Å²) in [7, 11) is 0. The van der Waals surface area contributed by atoms with Gasteiger partial charge in [-0.2, -0.15) is 5.10 Å². The first kappa shape index (κ1) is 19.4. The minimum absolute atomic E-state index is 0.282. The highest BCUT2D eigenvalue weighted by molar-refractivity contribution is 6.14. The van der Waals surface area contributed by atoms with Crippen molar-refractivity contribution in [2.24, 2.45) is 0 Å². The molecule has 2 N–H and O–H groups in total. The van der Waals surface area contributed by atoms with Crippen LogP contribution < -0.4 is 15.5 Å². The molecule has 0 aliphatic carbocycles. The molecule has 158 valence electrons. The van der Waals surface area contributed by atoms with E-state index in [9.17, 15) is 9.18 Å². The van der Waals surface area contributed by atoms with Crippen LogP contribution >= 0.6 is 0 Å². The number of anilines is 2. The topological polar surface area (TPSA) is 75.1 Å². The quantitative estimate of drug-likeness (QED) is 0.531. The molecule has 0 saturated carbocycles. The van der Waals surface area contributed by atoms with Crippen molar-refractivity contribution < 1.29 is 9.18 Å². The van der Waals surface area contributed by atoms with E-state index in [1.54, 1.807) is 30.5 Å². The molecule has 0 bridgehead atoms. The third-order valence-electron chi connectivity index (χ3n) is 5.64. The van der Waals surface area contributed by atoms with E-state index in [4.69, 9.17) is 0 Å². The van der Waals surface area contributed by atoms with Crippen LogP contribution in [0.1, 0.15) is 17.3 Å². The Morgan fingerprint density at radius 1 is 1.19 bits per heavy atom. The van der Waals surface area contributed by atoms with Crippen LogP contribution in [0.3, 0.4) is 0 Å². The van der Waals surface area contributed by atoms with Crippen LogP contribution in [-0.4, -0.2) is 46.9 Å². The van der Waals surface area contributed by atoms with Gasteiger partial charge in [-0.1, -0.05) is 6.07 Å². The molecule has 7 nitrogen and oxygen atoms in total. The normalized spacial score (nSPS) is 14.3. The van der Waals surface area contributed by atoms with Crippen molar-refractivity contribution in [1.82, 2.24) is 20.1 Å². The lowest BCUT2D eigenvalue weighted by molar-refractivity contribution is 0.102. The Balaban J connectivity index is 1.52. The molecule has 2 aromatic carbocycles. The summed E-state index contributed by atoms with van der Waals surface area (Å²) in [6.07, 6.45) is 3.54. The highest BCUT2D eigenvalue weighted by Gasteiger charge is 2.20. The Morgan fingerprint density at radius 2 is 2.03 bits per heavy atom.